The Morgan fingerprint density at radius 2 is 1.82 bits per heavy atom. The van der Waals surface area contributed by atoms with E-state index in [4.69, 9.17) is 5.73 Å². The van der Waals surface area contributed by atoms with Crippen molar-refractivity contribution in [3.8, 4) is 0 Å². The molecule has 2 N–H and O–H groups in total. The van der Waals surface area contributed by atoms with Crippen LogP contribution in [0.15, 0.2) is 0 Å². The molecule has 4 heteroatoms. The van der Waals surface area contributed by atoms with Crippen LogP contribution >= 0.6 is 0 Å². The Kier molecular flexibility index (Phi) is 4.05. The fraction of sp³-hybridized carbons (Fsp3) is 0.923. The van der Waals surface area contributed by atoms with E-state index in [2.05, 4.69) is 4.90 Å². The molecule has 1 saturated carbocycles. The van der Waals surface area contributed by atoms with Gasteiger partial charge in [0.05, 0.1) is 6.04 Å². The average Bonchev–Trinajstić information content (AvgIpc) is 3.12. The summed E-state index contributed by atoms with van der Waals surface area (Å²) in [4.78, 5) is 16.5. The van der Waals surface area contributed by atoms with Crippen molar-refractivity contribution in [2.45, 2.75) is 32.7 Å². The van der Waals surface area contributed by atoms with E-state index in [1.807, 2.05) is 18.7 Å². The summed E-state index contributed by atoms with van der Waals surface area (Å²) in [5.41, 5.74) is 5.91. The van der Waals surface area contributed by atoms with Gasteiger partial charge in [-0.05, 0) is 24.7 Å². The van der Waals surface area contributed by atoms with E-state index in [0.29, 0.717) is 0 Å². The molecule has 0 radical (unpaired) electrons. The molecule has 1 aliphatic carbocycles. The van der Waals surface area contributed by atoms with Gasteiger partial charge in [-0.1, -0.05) is 13.8 Å². The summed E-state index contributed by atoms with van der Waals surface area (Å²) in [6.45, 7) is 8.99. The number of nitrogens with zero attached hydrogens (tertiary/aromatic N) is 2. The van der Waals surface area contributed by atoms with E-state index in [1.54, 1.807) is 0 Å². The smallest absolute Gasteiger partial charge is 0.239 e. The molecule has 4 nitrogen and oxygen atoms in total. The van der Waals surface area contributed by atoms with Crippen molar-refractivity contribution in [3.63, 3.8) is 0 Å². The number of carbonyl (C=O) groups is 1. The number of amides is 1. The maximum Gasteiger partial charge on any atom is 0.239 e. The second-order valence-corrected chi connectivity index (χ2v) is 5.84. The van der Waals surface area contributed by atoms with Gasteiger partial charge in [-0.15, -0.1) is 0 Å². The van der Waals surface area contributed by atoms with Crippen molar-refractivity contribution in [1.29, 1.82) is 0 Å². The summed E-state index contributed by atoms with van der Waals surface area (Å²) in [7, 11) is 0. The van der Waals surface area contributed by atoms with Gasteiger partial charge in [0, 0.05) is 32.7 Å². The molecule has 1 aliphatic heterocycles. The number of nitrogens with two attached hydrogens (primary N) is 1. The number of hydrogen-bond donors (Lipinski definition) is 1. The Hall–Kier alpha value is -0.610. The maximum absolute atomic E-state index is 12.1. The zero-order valence-electron chi connectivity index (χ0n) is 11.1. The van der Waals surface area contributed by atoms with E-state index >= 15 is 0 Å². The third-order valence-electron chi connectivity index (χ3n) is 3.90. The molecule has 2 rings (SSSR count). The van der Waals surface area contributed by atoms with Crippen LogP contribution in [0.3, 0.4) is 0 Å². The van der Waals surface area contributed by atoms with E-state index in [0.717, 1.165) is 32.1 Å². The predicted molar refractivity (Wildman–Crippen MR) is 68.6 cm³/mol. The fourth-order valence-electron chi connectivity index (χ4n) is 2.31. The van der Waals surface area contributed by atoms with E-state index in [9.17, 15) is 4.79 Å². The van der Waals surface area contributed by atoms with Crippen LogP contribution in [0.5, 0.6) is 0 Å². The first-order chi connectivity index (χ1) is 8.08. The van der Waals surface area contributed by atoms with E-state index in [-0.39, 0.29) is 17.9 Å². The Balaban J connectivity index is 1.75. The van der Waals surface area contributed by atoms with Gasteiger partial charge < -0.3 is 10.6 Å². The number of piperazine rings is 1. The summed E-state index contributed by atoms with van der Waals surface area (Å²) in [6, 6.07) is -0.329. The first-order valence-corrected chi connectivity index (χ1v) is 6.84. The average molecular weight is 239 g/mol. The van der Waals surface area contributed by atoms with Crippen LogP contribution in [0.4, 0.5) is 0 Å². The maximum atomic E-state index is 12.1. The molecule has 1 heterocycles. The molecule has 98 valence electrons. The molecule has 0 unspecified atom stereocenters. The zero-order chi connectivity index (χ0) is 12.4. The highest BCUT2D eigenvalue weighted by atomic mass is 16.2. The van der Waals surface area contributed by atoms with E-state index < -0.39 is 0 Å². The first kappa shape index (κ1) is 12.8. The van der Waals surface area contributed by atoms with Gasteiger partial charge in [0.25, 0.3) is 0 Å². The van der Waals surface area contributed by atoms with Gasteiger partial charge in [0.15, 0.2) is 0 Å². The third-order valence-corrected chi connectivity index (χ3v) is 3.90. The molecule has 1 atom stereocenters. The molecular formula is C13H25N3O. The Morgan fingerprint density at radius 1 is 1.24 bits per heavy atom. The lowest BCUT2D eigenvalue weighted by Gasteiger charge is -2.36. The van der Waals surface area contributed by atoms with Crippen LogP contribution in [0, 0.1) is 11.8 Å². The fourth-order valence-corrected chi connectivity index (χ4v) is 2.31. The van der Waals surface area contributed by atoms with Crippen molar-refractivity contribution in [3.05, 3.63) is 0 Å². The summed E-state index contributed by atoms with van der Waals surface area (Å²) in [5.74, 6) is 1.30. The van der Waals surface area contributed by atoms with Gasteiger partial charge in [0.2, 0.25) is 5.91 Å². The van der Waals surface area contributed by atoms with Crippen molar-refractivity contribution < 1.29 is 4.79 Å². The second-order valence-electron chi connectivity index (χ2n) is 5.84. The summed E-state index contributed by atoms with van der Waals surface area (Å²) < 4.78 is 0. The molecule has 17 heavy (non-hydrogen) atoms. The molecule has 1 amide bonds. The normalized spacial score (nSPS) is 24.1. The highest BCUT2D eigenvalue weighted by Crippen LogP contribution is 2.29. The van der Waals surface area contributed by atoms with Gasteiger partial charge in [-0.2, -0.15) is 0 Å². The van der Waals surface area contributed by atoms with Crippen LogP contribution in [0.1, 0.15) is 26.7 Å². The molecular weight excluding hydrogens is 214 g/mol. The Labute approximate surface area is 104 Å². The molecule has 0 spiro atoms. The molecule has 0 aromatic rings. The van der Waals surface area contributed by atoms with Crippen LogP contribution < -0.4 is 5.73 Å². The number of hydrogen-bond acceptors (Lipinski definition) is 3. The highest BCUT2D eigenvalue weighted by Gasteiger charge is 2.29. The third kappa shape index (κ3) is 3.42. The quantitative estimate of drug-likeness (QED) is 0.778. The molecule has 0 bridgehead atoms. The topological polar surface area (TPSA) is 49.6 Å². The zero-order valence-corrected chi connectivity index (χ0v) is 11.1. The van der Waals surface area contributed by atoms with E-state index in [1.165, 1.54) is 19.4 Å². The van der Waals surface area contributed by atoms with Gasteiger partial charge in [-0.3, -0.25) is 9.69 Å². The van der Waals surface area contributed by atoms with Gasteiger partial charge in [0.1, 0.15) is 0 Å². The molecule has 2 fully saturated rings. The summed E-state index contributed by atoms with van der Waals surface area (Å²) in [6.07, 6.45) is 2.80. The minimum absolute atomic E-state index is 0.131. The first-order valence-electron chi connectivity index (χ1n) is 6.84. The monoisotopic (exact) mass is 239 g/mol. The lowest BCUT2D eigenvalue weighted by atomic mass is 10.0. The molecule has 1 saturated heterocycles. The van der Waals surface area contributed by atoms with Crippen LogP contribution in [0.2, 0.25) is 0 Å². The van der Waals surface area contributed by atoms with Crippen LogP contribution in [-0.4, -0.2) is 54.5 Å². The summed E-state index contributed by atoms with van der Waals surface area (Å²) in [5, 5.41) is 0. The molecule has 0 aromatic heterocycles. The Bertz CT molecular complexity index is 268. The van der Waals surface area contributed by atoms with Crippen molar-refractivity contribution in [2.75, 3.05) is 32.7 Å². The minimum Gasteiger partial charge on any atom is -0.339 e. The van der Waals surface area contributed by atoms with Crippen molar-refractivity contribution in [1.82, 2.24) is 9.80 Å². The lowest BCUT2D eigenvalue weighted by molar-refractivity contribution is -0.135. The van der Waals surface area contributed by atoms with Crippen molar-refractivity contribution in [2.24, 2.45) is 17.6 Å². The Morgan fingerprint density at radius 3 is 2.29 bits per heavy atom. The molecule has 2 aliphatic rings. The lowest BCUT2D eigenvalue weighted by Crippen LogP contribution is -2.54. The summed E-state index contributed by atoms with van der Waals surface area (Å²) >= 11 is 0. The van der Waals surface area contributed by atoms with Crippen molar-refractivity contribution >= 4 is 5.91 Å². The van der Waals surface area contributed by atoms with Crippen LogP contribution in [-0.2, 0) is 4.79 Å². The number of rotatable bonds is 4. The largest absolute Gasteiger partial charge is 0.339 e. The standard InChI is InChI=1S/C13H25N3O/c1-10(2)12(14)13(17)16-7-5-15(6-8-16)9-11-3-4-11/h10-12H,3-9,14H2,1-2H3/t12-/m0/s1. The van der Waals surface area contributed by atoms with Crippen LogP contribution in [0.25, 0.3) is 0 Å². The number of carbonyl (C=O) groups excluding carboxylic acids is 1. The highest BCUT2D eigenvalue weighted by molar-refractivity contribution is 5.82. The molecule has 0 aromatic carbocycles. The minimum atomic E-state index is -0.329. The predicted octanol–water partition coefficient (Wildman–Crippen LogP) is 0.524. The second kappa shape index (κ2) is 5.36. The van der Waals surface area contributed by atoms with Gasteiger partial charge in [-0.25, -0.2) is 0 Å². The van der Waals surface area contributed by atoms with Gasteiger partial charge >= 0.3 is 0 Å². The SMILES string of the molecule is CC(C)[C@H](N)C(=O)N1CCN(CC2CC2)CC1.